The summed E-state index contributed by atoms with van der Waals surface area (Å²) in [5.41, 5.74) is 0.249. The van der Waals surface area contributed by atoms with Crippen LogP contribution < -0.4 is 0 Å². The van der Waals surface area contributed by atoms with Crippen LogP contribution in [0, 0.1) is 5.92 Å². The Hall–Kier alpha value is -2.57. The molecular weight excluding hydrogens is 574 g/mol. The molecule has 2 saturated heterocycles. The zero-order valence-electron chi connectivity index (χ0n) is 26.3. The first-order chi connectivity index (χ1) is 19.6. The Morgan fingerprint density at radius 1 is 1.14 bits per heavy atom. The highest BCUT2D eigenvalue weighted by atomic mass is 32.2. The first-order valence-corrected chi connectivity index (χ1v) is 18.3. The quantitative estimate of drug-likeness (QED) is 0.135. The van der Waals surface area contributed by atoms with Crippen LogP contribution in [0.5, 0.6) is 0 Å². The number of hydrogen-bond donors (Lipinski definition) is 0. The number of ether oxygens (including phenoxy) is 2. The largest absolute Gasteiger partial charge is 0.457 e. The Kier molecular flexibility index (Phi) is 10.8. The van der Waals surface area contributed by atoms with Gasteiger partial charge in [-0.1, -0.05) is 53.0 Å². The summed E-state index contributed by atoms with van der Waals surface area (Å²) >= 11 is 1.44. The number of fused-ring (bicyclic) bond motifs is 1. The van der Waals surface area contributed by atoms with E-state index in [-0.39, 0.29) is 65.6 Å². The molecule has 0 saturated carbocycles. The van der Waals surface area contributed by atoms with Crippen LogP contribution in [-0.2, 0) is 28.3 Å². The van der Waals surface area contributed by atoms with E-state index in [0.717, 1.165) is 4.91 Å². The molecule has 0 N–H and O–H groups in total. The predicted molar refractivity (Wildman–Crippen MR) is 166 cm³/mol. The second-order valence-corrected chi connectivity index (χ2v) is 18.9. The van der Waals surface area contributed by atoms with Crippen molar-refractivity contribution in [3.05, 3.63) is 35.9 Å². The van der Waals surface area contributed by atoms with Gasteiger partial charge in [-0.25, -0.2) is 9.59 Å². The Bertz CT molecular complexity index is 1130. The lowest BCUT2D eigenvalue weighted by molar-refractivity contribution is -0.162. The highest BCUT2D eigenvalue weighted by Crippen LogP contribution is 2.51. The van der Waals surface area contributed by atoms with E-state index in [9.17, 15) is 19.2 Å². The number of β-lactam (4-membered cyclic amide) rings is 1. The lowest BCUT2D eigenvalue weighted by Crippen LogP contribution is -2.64. The molecule has 3 amide bonds. The van der Waals surface area contributed by atoms with E-state index < -0.39 is 26.4 Å². The standard InChI is InChI=1S/C30H47N3O7SSi/c1-11-14-38-28(36)25-23(41-19-16-21(26(34)31(7)8)32(18-19)29(37)39-15-12-2)17-20-24(27(35)33(20)25)22(13-3)40-42(9,10)30(4,5)6/h11-12,19-22,24H,1-2,13-18H2,3-10H3/t19?,20-,21?,22?,24-/m1/s1. The fraction of sp³-hybridized carbons (Fsp3) is 0.667. The van der Waals surface area contributed by atoms with Gasteiger partial charge in [0, 0.05) is 37.2 Å². The van der Waals surface area contributed by atoms with Gasteiger partial charge in [0.1, 0.15) is 25.0 Å². The summed E-state index contributed by atoms with van der Waals surface area (Å²) in [4.78, 5) is 58.0. The highest BCUT2D eigenvalue weighted by molar-refractivity contribution is 8.03. The second-order valence-electron chi connectivity index (χ2n) is 12.7. The van der Waals surface area contributed by atoms with E-state index >= 15 is 0 Å². The van der Waals surface area contributed by atoms with E-state index in [1.807, 2.05) is 6.92 Å². The number of nitrogens with zero attached hydrogens (tertiary/aromatic N) is 3. The van der Waals surface area contributed by atoms with Gasteiger partial charge in [0.05, 0.1) is 18.1 Å². The molecule has 0 bridgehead atoms. The van der Waals surface area contributed by atoms with Crippen LogP contribution in [0.3, 0.4) is 0 Å². The first-order valence-electron chi connectivity index (χ1n) is 14.5. The minimum atomic E-state index is -2.15. The average molecular weight is 622 g/mol. The monoisotopic (exact) mass is 621 g/mol. The number of carbonyl (C=O) groups is 4. The van der Waals surface area contributed by atoms with Crippen molar-refractivity contribution >= 4 is 44.0 Å². The number of rotatable bonds is 12. The van der Waals surface area contributed by atoms with Gasteiger partial charge in [0.25, 0.3) is 0 Å². The zero-order chi connectivity index (χ0) is 31.6. The average Bonchev–Trinajstić information content (AvgIpc) is 3.48. The highest BCUT2D eigenvalue weighted by Gasteiger charge is 2.59. The molecule has 0 radical (unpaired) electrons. The Balaban J connectivity index is 1.88. The van der Waals surface area contributed by atoms with Crippen molar-refractivity contribution in [2.75, 3.05) is 33.9 Å². The van der Waals surface area contributed by atoms with E-state index in [2.05, 4.69) is 47.0 Å². The summed E-state index contributed by atoms with van der Waals surface area (Å²) in [5, 5.41) is -0.200. The van der Waals surface area contributed by atoms with Crippen molar-refractivity contribution in [3.63, 3.8) is 0 Å². The molecule has 3 aliphatic heterocycles. The van der Waals surface area contributed by atoms with Gasteiger partial charge in [-0.15, -0.1) is 11.8 Å². The molecular formula is C30H47N3O7SSi. The normalized spacial score (nSPS) is 24.6. The Labute approximate surface area is 255 Å². The molecule has 234 valence electrons. The van der Waals surface area contributed by atoms with Gasteiger partial charge in [0.15, 0.2) is 8.32 Å². The summed E-state index contributed by atoms with van der Waals surface area (Å²) in [5.74, 6) is -1.27. The molecule has 5 atom stereocenters. The summed E-state index contributed by atoms with van der Waals surface area (Å²) < 4.78 is 17.4. The fourth-order valence-electron chi connectivity index (χ4n) is 5.41. The number of amides is 3. The molecule has 12 heteroatoms. The van der Waals surface area contributed by atoms with Gasteiger partial charge in [-0.3, -0.25) is 14.5 Å². The van der Waals surface area contributed by atoms with Crippen molar-refractivity contribution in [2.45, 2.75) is 88.5 Å². The maximum absolute atomic E-state index is 13.7. The molecule has 0 aromatic heterocycles. The van der Waals surface area contributed by atoms with Crippen LogP contribution in [0.15, 0.2) is 35.9 Å². The molecule has 0 aliphatic carbocycles. The maximum atomic E-state index is 13.7. The minimum Gasteiger partial charge on any atom is -0.457 e. The molecule has 42 heavy (non-hydrogen) atoms. The molecule has 2 fully saturated rings. The lowest BCUT2D eigenvalue weighted by atomic mass is 9.82. The Morgan fingerprint density at radius 3 is 2.31 bits per heavy atom. The van der Waals surface area contributed by atoms with Crippen LogP contribution >= 0.6 is 11.8 Å². The molecule has 0 aromatic rings. The summed E-state index contributed by atoms with van der Waals surface area (Å²) in [6.07, 6.45) is 3.68. The molecule has 3 aliphatic rings. The zero-order valence-corrected chi connectivity index (χ0v) is 28.1. The molecule has 3 rings (SSSR count). The van der Waals surface area contributed by atoms with Gasteiger partial charge < -0.3 is 23.7 Å². The smallest absolute Gasteiger partial charge is 0.410 e. The second kappa shape index (κ2) is 13.4. The number of esters is 1. The van der Waals surface area contributed by atoms with Gasteiger partial charge in [0.2, 0.25) is 11.8 Å². The molecule has 10 nitrogen and oxygen atoms in total. The van der Waals surface area contributed by atoms with Gasteiger partial charge in [-0.05, 0) is 31.0 Å². The van der Waals surface area contributed by atoms with E-state index in [1.165, 1.54) is 33.7 Å². The maximum Gasteiger partial charge on any atom is 0.410 e. The topological polar surface area (TPSA) is 106 Å². The summed E-state index contributed by atoms with van der Waals surface area (Å²) in [6, 6.07) is -0.905. The van der Waals surface area contributed by atoms with E-state index in [0.29, 0.717) is 19.3 Å². The number of thioether (sulfide) groups is 1. The minimum absolute atomic E-state index is 0.0107. The summed E-state index contributed by atoms with van der Waals surface area (Å²) in [6.45, 7) is 20.4. The number of likely N-dealkylation sites (N-methyl/N-ethyl adjacent to an activating group) is 1. The van der Waals surface area contributed by atoms with Crippen LogP contribution in [0.25, 0.3) is 0 Å². The third kappa shape index (κ3) is 6.81. The predicted octanol–water partition coefficient (Wildman–Crippen LogP) is 4.55. The lowest BCUT2D eigenvalue weighted by Gasteiger charge is -2.49. The first kappa shape index (κ1) is 33.9. The molecule has 3 unspecified atom stereocenters. The van der Waals surface area contributed by atoms with Crippen LogP contribution in [0.4, 0.5) is 4.79 Å². The number of hydrogen-bond acceptors (Lipinski definition) is 8. The van der Waals surface area contributed by atoms with E-state index in [1.54, 1.807) is 19.0 Å². The van der Waals surface area contributed by atoms with Crippen LogP contribution in [0.2, 0.25) is 18.1 Å². The fourth-order valence-corrected chi connectivity index (χ4v) is 8.31. The molecule has 0 aromatic carbocycles. The van der Waals surface area contributed by atoms with E-state index in [4.69, 9.17) is 13.9 Å². The van der Waals surface area contributed by atoms with Crippen molar-refractivity contribution in [1.29, 1.82) is 0 Å². The summed E-state index contributed by atoms with van der Waals surface area (Å²) in [7, 11) is 1.15. The van der Waals surface area contributed by atoms with Gasteiger partial charge in [-0.2, -0.15) is 0 Å². The van der Waals surface area contributed by atoms with Crippen molar-refractivity contribution in [2.24, 2.45) is 5.92 Å². The SMILES string of the molecule is C=CCOC(=O)C1=C(SC2CC(C(=O)N(C)C)N(C(=O)OCC=C)C2)C[C@@H]2[C@H](C(CC)O[Si](C)(C)C(C)(C)C)C(=O)N12. The third-order valence-electron chi connectivity index (χ3n) is 8.61. The van der Waals surface area contributed by atoms with Crippen LogP contribution in [0.1, 0.15) is 47.0 Å². The number of carbonyl (C=O) groups excluding carboxylic acids is 4. The van der Waals surface area contributed by atoms with Crippen molar-refractivity contribution in [1.82, 2.24) is 14.7 Å². The Morgan fingerprint density at radius 2 is 1.76 bits per heavy atom. The van der Waals surface area contributed by atoms with Crippen molar-refractivity contribution < 1.29 is 33.1 Å². The number of likely N-dealkylation sites (tertiary alicyclic amines) is 1. The van der Waals surface area contributed by atoms with Crippen LogP contribution in [-0.4, -0.2) is 104 Å². The van der Waals surface area contributed by atoms with Crippen molar-refractivity contribution in [3.8, 4) is 0 Å². The molecule has 0 spiro atoms. The third-order valence-corrected chi connectivity index (χ3v) is 14.4. The van der Waals surface area contributed by atoms with Gasteiger partial charge >= 0.3 is 12.1 Å². The molecule has 3 heterocycles.